The van der Waals surface area contributed by atoms with E-state index >= 15 is 0 Å². The molecule has 0 fully saturated rings. The van der Waals surface area contributed by atoms with Gasteiger partial charge in [0.15, 0.2) is 0 Å². The van der Waals surface area contributed by atoms with Gasteiger partial charge in [-0.3, -0.25) is 4.79 Å². The van der Waals surface area contributed by atoms with Crippen molar-refractivity contribution in [2.45, 2.75) is 26.7 Å². The molecule has 162 valence electrons. The molecule has 0 heterocycles. The van der Waals surface area contributed by atoms with E-state index in [9.17, 15) is 19.2 Å². The minimum Gasteiger partial charge on any atom is -0.462 e. The molecule has 0 saturated heterocycles. The van der Waals surface area contributed by atoms with Crippen molar-refractivity contribution in [1.82, 2.24) is 0 Å². The lowest BCUT2D eigenvalue weighted by Crippen LogP contribution is -2.15. The van der Waals surface area contributed by atoms with Gasteiger partial charge in [-0.25, -0.2) is 14.4 Å². The van der Waals surface area contributed by atoms with Crippen molar-refractivity contribution in [3.05, 3.63) is 77.4 Å². The molecule has 0 aliphatic heterocycles. The standard InChI is InChI=1S/C24H24O7/c1-16(2)22(26)29-14-12-18-4-8-20(9-5-18)24(28)31-21-10-6-19(7-11-21)13-15-30-23(27)17(3)25/h4-11H,1,12-15H2,2-3H3. The van der Waals surface area contributed by atoms with Crippen LogP contribution in [-0.2, 0) is 36.7 Å². The lowest BCUT2D eigenvalue weighted by Gasteiger charge is -2.08. The third kappa shape index (κ3) is 7.89. The fourth-order valence-corrected chi connectivity index (χ4v) is 2.45. The summed E-state index contributed by atoms with van der Waals surface area (Å²) < 4.78 is 15.2. The summed E-state index contributed by atoms with van der Waals surface area (Å²) in [5.74, 6) is -2.04. The van der Waals surface area contributed by atoms with E-state index in [1.807, 2.05) is 0 Å². The number of rotatable bonds is 10. The van der Waals surface area contributed by atoms with Crippen LogP contribution >= 0.6 is 0 Å². The minimum atomic E-state index is -0.857. The molecule has 31 heavy (non-hydrogen) atoms. The molecule has 0 spiro atoms. The average molecular weight is 424 g/mol. The molecule has 2 rings (SSSR count). The maximum absolute atomic E-state index is 12.3. The maximum Gasteiger partial charge on any atom is 0.374 e. The molecule has 0 radical (unpaired) electrons. The molecule has 0 aliphatic carbocycles. The van der Waals surface area contributed by atoms with E-state index in [0.29, 0.717) is 29.7 Å². The number of Topliss-reactive ketones (excluding diaryl/α,β-unsaturated/α-hetero) is 1. The van der Waals surface area contributed by atoms with Crippen molar-refractivity contribution in [3.63, 3.8) is 0 Å². The predicted molar refractivity (Wildman–Crippen MR) is 113 cm³/mol. The first-order valence-electron chi connectivity index (χ1n) is 9.66. The SMILES string of the molecule is C=C(C)C(=O)OCCc1ccc(C(=O)Oc2ccc(CCOC(=O)C(C)=O)cc2)cc1. The molecule has 7 heteroatoms. The topological polar surface area (TPSA) is 96.0 Å². The van der Waals surface area contributed by atoms with Crippen LogP contribution in [0, 0.1) is 0 Å². The number of hydrogen-bond donors (Lipinski definition) is 0. The van der Waals surface area contributed by atoms with Crippen LogP contribution in [0.2, 0.25) is 0 Å². The Morgan fingerprint density at radius 2 is 1.23 bits per heavy atom. The van der Waals surface area contributed by atoms with Gasteiger partial charge >= 0.3 is 17.9 Å². The van der Waals surface area contributed by atoms with E-state index in [0.717, 1.165) is 18.1 Å². The first-order chi connectivity index (χ1) is 14.8. The fourth-order valence-electron chi connectivity index (χ4n) is 2.45. The molecule has 2 aromatic carbocycles. The van der Waals surface area contributed by atoms with E-state index in [-0.39, 0.29) is 13.2 Å². The Balaban J connectivity index is 1.81. The summed E-state index contributed by atoms with van der Waals surface area (Å²) in [6, 6.07) is 13.6. The molecular weight excluding hydrogens is 400 g/mol. The van der Waals surface area contributed by atoms with Gasteiger partial charge < -0.3 is 14.2 Å². The highest BCUT2D eigenvalue weighted by Gasteiger charge is 2.10. The second-order valence-corrected chi connectivity index (χ2v) is 6.84. The van der Waals surface area contributed by atoms with Crippen LogP contribution in [0.25, 0.3) is 0 Å². The summed E-state index contributed by atoms with van der Waals surface area (Å²) in [6.07, 6.45) is 0.966. The van der Waals surface area contributed by atoms with E-state index in [1.54, 1.807) is 55.5 Å². The smallest absolute Gasteiger partial charge is 0.374 e. The predicted octanol–water partition coefficient (Wildman–Crippen LogP) is 3.24. The zero-order valence-electron chi connectivity index (χ0n) is 17.5. The van der Waals surface area contributed by atoms with Crippen LogP contribution in [-0.4, -0.2) is 36.9 Å². The van der Waals surface area contributed by atoms with Gasteiger partial charge in [0.2, 0.25) is 5.78 Å². The second-order valence-electron chi connectivity index (χ2n) is 6.84. The Hall–Kier alpha value is -3.74. The van der Waals surface area contributed by atoms with Crippen LogP contribution < -0.4 is 4.74 Å². The number of carbonyl (C=O) groups excluding carboxylic acids is 4. The largest absolute Gasteiger partial charge is 0.462 e. The molecule has 0 N–H and O–H groups in total. The van der Waals surface area contributed by atoms with Crippen molar-refractivity contribution in [2.24, 2.45) is 0 Å². The second kappa shape index (κ2) is 11.4. The third-order valence-electron chi connectivity index (χ3n) is 4.21. The van der Waals surface area contributed by atoms with Crippen LogP contribution in [0.15, 0.2) is 60.7 Å². The Bertz CT molecular complexity index is 956. The first kappa shape index (κ1) is 23.5. The van der Waals surface area contributed by atoms with E-state index < -0.39 is 23.7 Å². The van der Waals surface area contributed by atoms with Gasteiger partial charge in [-0.05, 0) is 42.3 Å². The quantitative estimate of drug-likeness (QED) is 0.250. The Morgan fingerprint density at radius 1 is 0.742 bits per heavy atom. The van der Waals surface area contributed by atoms with Crippen molar-refractivity contribution >= 4 is 23.7 Å². The zero-order chi connectivity index (χ0) is 22.8. The summed E-state index contributed by atoms with van der Waals surface area (Å²) in [6.45, 7) is 6.59. The molecule has 0 aliphatic rings. The summed E-state index contributed by atoms with van der Waals surface area (Å²) in [4.78, 5) is 45.6. The maximum atomic E-state index is 12.3. The third-order valence-corrected chi connectivity index (χ3v) is 4.21. The average Bonchev–Trinajstić information content (AvgIpc) is 2.75. The van der Waals surface area contributed by atoms with Crippen molar-refractivity contribution in [3.8, 4) is 5.75 Å². The first-order valence-corrected chi connectivity index (χ1v) is 9.66. The molecule has 2 aromatic rings. The lowest BCUT2D eigenvalue weighted by atomic mass is 10.1. The van der Waals surface area contributed by atoms with Gasteiger partial charge in [-0.15, -0.1) is 0 Å². The molecule has 7 nitrogen and oxygen atoms in total. The minimum absolute atomic E-state index is 0.0935. The molecule has 0 aromatic heterocycles. The molecule has 0 amide bonds. The summed E-state index contributed by atoms with van der Waals surface area (Å²) in [5, 5.41) is 0. The summed E-state index contributed by atoms with van der Waals surface area (Å²) in [7, 11) is 0. The number of benzene rings is 2. The van der Waals surface area contributed by atoms with Crippen LogP contribution in [0.4, 0.5) is 0 Å². The zero-order valence-corrected chi connectivity index (χ0v) is 17.5. The van der Waals surface area contributed by atoms with Gasteiger partial charge in [-0.1, -0.05) is 30.8 Å². The monoisotopic (exact) mass is 424 g/mol. The Kier molecular flexibility index (Phi) is 8.69. The lowest BCUT2D eigenvalue weighted by molar-refractivity contribution is -0.152. The van der Waals surface area contributed by atoms with Crippen molar-refractivity contribution in [1.29, 1.82) is 0 Å². The van der Waals surface area contributed by atoms with Gasteiger partial charge in [0, 0.05) is 25.3 Å². The number of ether oxygens (including phenoxy) is 3. The molecule has 0 bridgehead atoms. The fraction of sp³-hybridized carbons (Fsp3) is 0.250. The molecule has 0 atom stereocenters. The Morgan fingerprint density at radius 3 is 1.71 bits per heavy atom. The summed E-state index contributed by atoms with van der Waals surface area (Å²) >= 11 is 0. The van der Waals surface area contributed by atoms with Crippen molar-refractivity contribution in [2.75, 3.05) is 13.2 Å². The number of hydrogen-bond acceptors (Lipinski definition) is 7. The highest BCUT2D eigenvalue weighted by atomic mass is 16.5. The van der Waals surface area contributed by atoms with E-state index in [2.05, 4.69) is 6.58 Å². The van der Waals surface area contributed by atoms with Crippen molar-refractivity contribution < 1.29 is 33.4 Å². The molecular formula is C24H24O7. The highest BCUT2D eigenvalue weighted by molar-refractivity contribution is 6.32. The van der Waals surface area contributed by atoms with Gasteiger partial charge in [0.1, 0.15) is 5.75 Å². The summed E-state index contributed by atoms with van der Waals surface area (Å²) in [5.41, 5.74) is 2.53. The molecule has 0 unspecified atom stereocenters. The van der Waals surface area contributed by atoms with Crippen LogP contribution in [0.3, 0.4) is 0 Å². The molecule has 0 saturated carbocycles. The highest BCUT2D eigenvalue weighted by Crippen LogP contribution is 2.15. The number of ketones is 1. The van der Waals surface area contributed by atoms with Crippen LogP contribution in [0.1, 0.15) is 35.3 Å². The van der Waals surface area contributed by atoms with E-state index in [1.165, 1.54) is 0 Å². The van der Waals surface area contributed by atoms with Crippen LogP contribution in [0.5, 0.6) is 5.75 Å². The van der Waals surface area contributed by atoms with Gasteiger partial charge in [0.25, 0.3) is 0 Å². The number of esters is 3. The number of carbonyl (C=O) groups is 4. The van der Waals surface area contributed by atoms with Gasteiger partial charge in [0.05, 0.1) is 18.8 Å². The van der Waals surface area contributed by atoms with E-state index in [4.69, 9.17) is 14.2 Å². The Labute approximate surface area is 180 Å². The van der Waals surface area contributed by atoms with Gasteiger partial charge in [-0.2, -0.15) is 0 Å². The normalized spacial score (nSPS) is 10.1.